The third-order valence-electron chi connectivity index (χ3n) is 6.38. The molecular formula is C28H36Br2F8N2O4S2. The number of hydrogen-bond donors (Lipinski definition) is 4. The highest BCUT2D eigenvalue weighted by atomic mass is 79.9. The molecule has 0 aliphatic heterocycles. The second-order valence-electron chi connectivity index (χ2n) is 11.9. The van der Waals surface area contributed by atoms with Gasteiger partial charge in [0.1, 0.15) is 11.6 Å². The fourth-order valence-corrected chi connectivity index (χ4v) is 6.30. The lowest BCUT2D eigenvalue weighted by molar-refractivity contribution is -0.0297. The lowest BCUT2D eigenvalue weighted by atomic mass is 9.86. The second-order valence-corrected chi connectivity index (χ2v) is 17.6. The molecule has 0 bridgehead atoms. The zero-order valence-electron chi connectivity index (χ0n) is 25.5. The summed E-state index contributed by atoms with van der Waals surface area (Å²) >= 11 is 6.03. The average molecular weight is 841 g/mol. The number of halogens is 10. The lowest BCUT2D eigenvalue weighted by Crippen LogP contribution is -2.59. The Morgan fingerprint density at radius 2 is 0.935 bits per heavy atom. The second kappa shape index (κ2) is 17.1. The Balaban J connectivity index is 0.000000460. The normalized spacial score (nSPS) is 17.8. The third-order valence-corrected chi connectivity index (χ3v) is 10.6. The minimum Gasteiger partial charge on any atom is -0.393 e. The Labute approximate surface area is 284 Å². The molecule has 0 amide bonds. The van der Waals surface area contributed by atoms with Crippen LogP contribution in [0.15, 0.2) is 45.3 Å². The maximum atomic E-state index is 14.3. The fourth-order valence-electron chi connectivity index (χ4n) is 3.70. The zero-order chi connectivity index (χ0) is 36.0. The summed E-state index contributed by atoms with van der Waals surface area (Å²) < 4.78 is 139. The lowest BCUT2D eigenvalue weighted by Gasteiger charge is -2.38. The molecule has 0 saturated heterocycles. The highest BCUT2D eigenvalue weighted by Crippen LogP contribution is 2.39. The van der Waals surface area contributed by atoms with Crippen LogP contribution in [0.5, 0.6) is 0 Å². The molecule has 0 fully saturated rings. The highest BCUT2D eigenvalue weighted by Gasteiger charge is 2.54. The topological polar surface area (TPSA) is 98.7 Å². The van der Waals surface area contributed by atoms with Crippen molar-refractivity contribution < 1.29 is 53.8 Å². The van der Waals surface area contributed by atoms with Gasteiger partial charge in [0.25, 0.3) is 12.9 Å². The Hall–Kier alpha value is -1.02. The molecule has 0 saturated carbocycles. The fraction of sp³-hybridized carbons (Fsp3) is 0.571. The number of benzene rings is 2. The quantitative estimate of drug-likeness (QED) is 0.176. The van der Waals surface area contributed by atoms with E-state index in [-0.39, 0.29) is 8.95 Å². The first-order chi connectivity index (χ1) is 20.9. The van der Waals surface area contributed by atoms with E-state index in [0.717, 1.165) is 24.3 Å². The van der Waals surface area contributed by atoms with E-state index in [1.165, 1.54) is 53.7 Å². The molecule has 2 rings (SSSR count). The van der Waals surface area contributed by atoms with Gasteiger partial charge < -0.3 is 10.2 Å². The van der Waals surface area contributed by atoms with Gasteiger partial charge in [-0.15, -0.1) is 0 Å². The molecule has 46 heavy (non-hydrogen) atoms. The smallest absolute Gasteiger partial charge is 0.264 e. The van der Waals surface area contributed by atoms with E-state index >= 15 is 0 Å². The number of aliphatic hydroxyl groups is 2. The molecule has 6 nitrogen and oxygen atoms in total. The summed E-state index contributed by atoms with van der Waals surface area (Å²) in [6.45, 7) is 6.40. The maximum Gasteiger partial charge on any atom is 0.264 e. The molecule has 0 aliphatic rings. The molecule has 0 aromatic heterocycles. The van der Waals surface area contributed by atoms with E-state index in [1.54, 1.807) is 0 Å². The van der Waals surface area contributed by atoms with E-state index in [1.807, 2.05) is 9.44 Å². The van der Waals surface area contributed by atoms with Crippen molar-refractivity contribution in [3.8, 4) is 0 Å². The largest absolute Gasteiger partial charge is 0.393 e. The van der Waals surface area contributed by atoms with Crippen molar-refractivity contribution in [3.63, 3.8) is 0 Å². The van der Waals surface area contributed by atoms with Gasteiger partial charge in [0.05, 0.1) is 44.7 Å². The van der Waals surface area contributed by atoms with Crippen LogP contribution in [0.1, 0.15) is 52.7 Å². The summed E-state index contributed by atoms with van der Waals surface area (Å²) in [5.74, 6) is -2.19. The van der Waals surface area contributed by atoms with Crippen LogP contribution >= 0.6 is 31.9 Å². The van der Waals surface area contributed by atoms with Crippen molar-refractivity contribution in [1.29, 1.82) is 0 Å². The van der Waals surface area contributed by atoms with Gasteiger partial charge in [0, 0.05) is 20.1 Å². The first-order valence-corrected chi connectivity index (χ1v) is 17.2. The van der Waals surface area contributed by atoms with Crippen LogP contribution in [0.3, 0.4) is 0 Å². The summed E-state index contributed by atoms with van der Waals surface area (Å²) in [7, 11) is -4.26. The van der Waals surface area contributed by atoms with E-state index in [9.17, 15) is 43.5 Å². The van der Waals surface area contributed by atoms with Crippen molar-refractivity contribution in [1.82, 2.24) is 9.44 Å². The van der Waals surface area contributed by atoms with Gasteiger partial charge in [-0.1, -0.05) is 31.9 Å². The SMILES string of the molecule is CC(C)(C)[S@@](=O)N[C@@](c1cc(Br)ccc1F)(C(F)F)[C@@H](F)CO.CC(C)(C)[S@@](=O)N[C@@](c1cc(Br)ccc1F)(C(F)F)[C@H](F)CO. The van der Waals surface area contributed by atoms with Crippen molar-refractivity contribution in [2.45, 2.75) is 87.3 Å². The first-order valence-electron chi connectivity index (χ1n) is 13.3. The zero-order valence-corrected chi connectivity index (χ0v) is 30.3. The van der Waals surface area contributed by atoms with Crippen LogP contribution in [0.25, 0.3) is 0 Å². The van der Waals surface area contributed by atoms with Crippen LogP contribution in [-0.2, 0) is 33.0 Å². The van der Waals surface area contributed by atoms with Gasteiger partial charge in [-0.25, -0.2) is 53.0 Å². The van der Waals surface area contributed by atoms with Gasteiger partial charge >= 0.3 is 0 Å². The molecule has 2 aromatic carbocycles. The van der Waals surface area contributed by atoms with Gasteiger partial charge in [0.15, 0.2) is 23.4 Å². The predicted molar refractivity (Wildman–Crippen MR) is 170 cm³/mol. The van der Waals surface area contributed by atoms with E-state index < -0.39 is 104 Å². The summed E-state index contributed by atoms with van der Waals surface area (Å²) in [4.78, 5) is 0. The summed E-state index contributed by atoms with van der Waals surface area (Å²) in [5, 5.41) is 18.2. The van der Waals surface area contributed by atoms with Gasteiger partial charge in [-0.2, -0.15) is 0 Å². The molecular weight excluding hydrogens is 804 g/mol. The minimum absolute atomic E-state index is 0.243. The average Bonchev–Trinajstić information content (AvgIpc) is 2.95. The Morgan fingerprint density at radius 3 is 1.15 bits per heavy atom. The number of nitrogens with one attached hydrogen (secondary N) is 2. The first kappa shape index (κ1) is 43.0. The van der Waals surface area contributed by atoms with Crippen LogP contribution in [0, 0.1) is 11.6 Å². The van der Waals surface area contributed by atoms with Crippen molar-refractivity contribution in [2.75, 3.05) is 13.2 Å². The number of hydrogen-bond acceptors (Lipinski definition) is 4. The minimum atomic E-state index is -3.46. The molecule has 264 valence electrons. The summed E-state index contributed by atoms with van der Waals surface area (Å²) in [6.07, 6.45) is -12.1. The molecule has 4 N–H and O–H groups in total. The van der Waals surface area contributed by atoms with Crippen molar-refractivity contribution in [3.05, 3.63) is 68.1 Å². The monoisotopic (exact) mass is 838 g/mol. The molecule has 0 spiro atoms. The van der Waals surface area contributed by atoms with Gasteiger partial charge in [-0.05, 0) is 77.9 Å². The molecule has 6 atom stereocenters. The van der Waals surface area contributed by atoms with E-state index in [0.29, 0.717) is 0 Å². The van der Waals surface area contributed by atoms with Crippen LogP contribution in [-0.4, -0.2) is 66.5 Å². The highest BCUT2D eigenvalue weighted by molar-refractivity contribution is 9.10. The van der Waals surface area contributed by atoms with Gasteiger partial charge in [-0.3, -0.25) is 0 Å². The molecule has 2 aromatic rings. The van der Waals surface area contributed by atoms with Gasteiger partial charge in [0.2, 0.25) is 0 Å². The standard InChI is InChI=1S/2C14H18BrF4NO2S/c2*1-13(2,3)23(22)20-14(12(18)19,11(17)7-21)9-6-8(15)4-5-10(9)16/h2*4-6,11-12,20-21H,7H2,1-3H3/t11-,14+,23+;11-,14-,23-/m01/s1. The number of rotatable bonds is 12. The Bertz CT molecular complexity index is 1270. The molecule has 0 heterocycles. The molecule has 18 heteroatoms. The van der Waals surface area contributed by atoms with E-state index in [2.05, 4.69) is 31.9 Å². The van der Waals surface area contributed by atoms with Crippen LogP contribution in [0.4, 0.5) is 35.1 Å². The predicted octanol–water partition coefficient (Wildman–Crippen LogP) is 6.86. The summed E-state index contributed by atoms with van der Waals surface area (Å²) in [6, 6.07) is 6.28. The number of alkyl halides is 6. The van der Waals surface area contributed by atoms with E-state index in [4.69, 9.17) is 10.2 Å². The summed E-state index contributed by atoms with van der Waals surface area (Å²) in [5.41, 5.74) is -7.30. The maximum absolute atomic E-state index is 14.3. The van der Waals surface area contributed by atoms with Crippen molar-refractivity contribution >= 4 is 53.8 Å². The number of aliphatic hydroxyl groups excluding tert-OH is 2. The molecule has 0 radical (unpaired) electrons. The molecule has 0 unspecified atom stereocenters. The Morgan fingerprint density at radius 1 is 0.652 bits per heavy atom. The van der Waals surface area contributed by atoms with Crippen molar-refractivity contribution in [2.24, 2.45) is 0 Å². The van der Waals surface area contributed by atoms with Crippen LogP contribution < -0.4 is 9.44 Å². The third kappa shape index (κ3) is 10.0. The van der Waals surface area contributed by atoms with Crippen LogP contribution in [0.2, 0.25) is 0 Å². The Kier molecular flexibility index (Phi) is 16.0. The molecule has 0 aliphatic carbocycles.